The summed E-state index contributed by atoms with van der Waals surface area (Å²) < 4.78 is 1.70. The van der Waals surface area contributed by atoms with E-state index in [1.54, 1.807) is 24.1 Å². The first kappa shape index (κ1) is 11.2. The molecule has 0 bridgehead atoms. The van der Waals surface area contributed by atoms with Crippen molar-refractivity contribution >= 4 is 21.8 Å². The lowest BCUT2D eigenvalue weighted by Gasteiger charge is -2.13. The first-order valence-electron chi connectivity index (χ1n) is 4.52. The van der Waals surface area contributed by atoms with Crippen LogP contribution in [0.2, 0.25) is 0 Å². The van der Waals surface area contributed by atoms with E-state index in [-0.39, 0.29) is 11.9 Å². The van der Waals surface area contributed by atoms with E-state index in [9.17, 15) is 4.79 Å². The maximum atomic E-state index is 11.7. The summed E-state index contributed by atoms with van der Waals surface area (Å²) in [6.45, 7) is 2.04. The lowest BCUT2D eigenvalue weighted by molar-refractivity contribution is 0.0932. The number of aryl methyl sites for hydroxylation is 1. The highest BCUT2D eigenvalue weighted by molar-refractivity contribution is 9.09. The van der Waals surface area contributed by atoms with Crippen molar-refractivity contribution in [1.82, 2.24) is 14.9 Å². The zero-order valence-corrected chi connectivity index (χ0v) is 9.91. The third-order valence-electron chi connectivity index (χ3n) is 2.06. The minimum absolute atomic E-state index is 0.0729. The van der Waals surface area contributed by atoms with Gasteiger partial charge in [0.2, 0.25) is 0 Å². The van der Waals surface area contributed by atoms with Crippen LogP contribution >= 0.6 is 15.9 Å². The Labute approximate surface area is 91.8 Å². The number of rotatable bonds is 4. The maximum Gasteiger partial charge on any atom is 0.269 e. The van der Waals surface area contributed by atoms with Gasteiger partial charge in [-0.3, -0.25) is 4.79 Å². The predicted octanol–water partition coefficient (Wildman–Crippen LogP) is 1.32. The molecule has 0 spiro atoms. The SMILES string of the molecule is CCC(CBr)NC(=O)c1cncn1C. The van der Waals surface area contributed by atoms with Crippen LogP contribution in [0, 0.1) is 0 Å². The molecule has 1 heterocycles. The number of nitrogens with zero attached hydrogens (tertiary/aromatic N) is 2. The van der Waals surface area contributed by atoms with Gasteiger partial charge in [0, 0.05) is 18.4 Å². The molecule has 1 aromatic rings. The molecule has 78 valence electrons. The number of alkyl halides is 1. The highest BCUT2D eigenvalue weighted by atomic mass is 79.9. The summed E-state index contributed by atoms with van der Waals surface area (Å²) >= 11 is 3.35. The second kappa shape index (κ2) is 5.14. The fourth-order valence-corrected chi connectivity index (χ4v) is 1.70. The Morgan fingerprint density at radius 2 is 2.50 bits per heavy atom. The molecule has 5 heteroatoms. The molecule has 1 amide bonds. The molecule has 0 aliphatic rings. The third kappa shape index (κ3) is 2.57. The Kier molecular flexibility index (Phi) is 4.13. The lowest BCUT2D eigenvalue weighted by Crippen LogP contribution is -2.36. The highest BCUT2D eigenvalue weighted by Gasteiger charge is 2.13. The van der Waals surface area contributed by atoms with Crippen molar-refractivity contribution in [2.45, 2.75) is 19.4 Å². The normalized spacial score (nSPS) is 12.5. The van der Waals surface area contributed by atoms with Crippen molar-refractivity contribution in [2.75, 3.05) is 5.33 Å². The smallest absolute Gasteiger partial charge is 0.269 e. The van der Waals surface area contributed by atoms with Crippen LogP contribution in [0.1, 0.15) is 23.8 Å². The largest absolute Gasteiger partial charge is 0.347 e. The molecule has 1 rings (SSSR count). The van der Waals surface area contributed by atoms with Crippen LogP contribution in [0.15, 0.2) is 12.5 Å². The molecule has 0 saturated heterocycles. The van der Waals surface area contributed by atoms with Crippen LogP contribution < -0.4 is 5.32 Å². The van der Waals surface area contributed by atoms with E-state index in [4.69, 9.17) is 0 Å². The van der Waals surface area contributed by atoms with Gasteiger partial charge in [-0.15, -0.1) is 0 Å². The van der Waals surface area contributed by atoms with E-state index < -0.39 is 0 Å². The Morgan fingerprint density at radius 1 is 1.79 bits per heavy atom. The van der Waals surface area contributed by atoms with Crippen LogP contribution in [-0.2, 0) is 7.05 Å². The molecule has 1 aromatic heterocycles. The number of aromatic nitrogens is 2. The second-order valence-corrected chi connectivity index (χ2v) is 3.77. The molecule has 14 heavy (non-hydrogen) atoms. The Balaban J connectivity index is 2.63. The number of hydrogen-bond acceptors (Lipinski definition) is 2. The molecule has 0 aromatic carbocycles. The topological polar surface area (TPSA) is 46.9 Å². The summed E-state index contributed by atoms with van der Waals surface area (Å²) in [5.41, 5.74) is 0.587. The average Bonchev–Trinajstić information content (AvgIpc) is 2.60. The number of amides is 1. The van der Waals surface area contributed by atoms with Crippen molar-refractivity contribution < 1.29 is 4.79 Å². The van der Waals surface area contributed by atoms with E-state index in [0.717, 1.165) is 11.8 Å². The van der Waals surface area contributed by atoms with Gasteiger partial charge in [0.05, 0.1) is 12.5 Å². The van der Waals surface area contributed by atoms with Crippen molar-refractivity contribution in [1.29, 1.82) is 0 Å². The van der Waals surface area contributed by atoms with E-state index in [1.165, 1.54) is 0 Å². The molecule has 4 nitrogen and oxygen atoms in total. The van der Waals surface area contributed by atoms with Gasteiger partial charge in [-0.2, -0.15) is 0 Å². The molecule has 0 aliphatic heterocycles. The van der Waals surface area contributed by atoms with Gasteiger partial charge < -0.3 is 9.88 Å². The summed E-state index contributed by atoms with van der Waals surface area (Å²) in [4.78, 5) is 15.6. The van der Waals surface area contributed by atoms with Gasteiger partial charge >= 0.3 is 0 Å². The quantitative estimate of drug-likeness (QED) is 0.830. The summed E-state index contributed by atoms with van der Waals surface area (Å²) in [5.74, 6) is -0.0729. The second-order valence-electron chi connectivity index (χ2n) is 3.12. The zero-order valence-electron chi connectivity index (χ0n) is 8.33. The number of carbonyl (C=O) groups excluding carboxylic acids is 1. The first-order valence-corrected chi connectivity index (χ1v) is 5.64. The van der Waals surface area contributed by atoms with Crippen molar-refractivity contribution in [2.24, 2.45) is 7.05 Å². The fourth-order valence-electron chi connectivity index (χ4n) is 1.09. The predicted molar refractivity (Wildman–Crippen MR) is 58.5 cm³/mol. The summed E-state index contributed by atoms with van der Waals surface area (Å²) in [5, 5.41) is 3.68. The Morgan fingerprint density at radius 3 is 2.93 bits per heavy atom. The molecule has 0 saturated carbocycles. The van der Waals surface area contributed by atoms with Gasteiger partial charge in [-0.05, 0) is 6.42 Å². The van der Waals surface area contributed by atoms with Crippen molar-refractivity contribution in [3.8, 4) is 0 Å². The Bertz CT molecular complexity index is 307. The van der Waals surface area contributed by atoms with Gasteiger partial charge in [0.1, 0.15) is 5.69 Å². The third-order valence-corrected chi connectivity index (χ3v) is 2.85. The maximum absolute atomic E-state index is 11.7. The first-order chi connectivity index (χ1) is 6.69. The van der Waals surface area contributed by atoms with Gasteiger partial charge in [-0.25, -0.2) is 4.98 Å². The van der Waals surface area contributed by atoms with E-state index >= 15 is 0 Å². The van der Waals surface area contributed by atoms with Crippen LogP contribution in [0.5, 0.6) is 0 Å². The monoisotopic (exact) mass is 259 g/mol. The van der Waals surface area contributed by atoms with E-state index in [1.807, 2.05) is 6.92 Å². The number of imidazole rings is 1. The average molecular weight is 260 g/mol. The van der Waals surface area contributed by atoms with Crippen molar-refractivity contribution in [3.05, 3.63) is 18.2 Å². The van der Waals surface area contributed by atoms with E-state index in [0.29, 0.717) is 5.69 Å². The molecule has 0 aliphatic carbocycles. The van der Waals surface area contributed by atoms with Crippen LogP contribution in [0.4, 0.5) is 0 Å². The number of halogens is 1. The van der Waals surface area contributed by atoms with Crippen LogP contribution in [0.3, 0.4) is 0 Å². The number of carbonyl (C=O) groups is 1. The minimum atomic E-state index is -0.0729. The standard InChI is InChI=1S/C9H14BrN3O/c1-3-7(4-10)12-9(14)8-5-11-6-13(8)2/h5-7H,3-4H2,1-2H3,(H,12,14). The molecule has 1 N–H and O–H groups in total. The Hall–Kier alpha value is -0.840. The van der Waals surface area contributed by atoms with Crippen LogP contribution in [0.25, 0.3) is 0 Å². The fraction of sp³-hybridized carbons (Fsp3) is 0.556. The zero-order chi connectivity index (χ0) is 10.6. The highest BCUT2D eigenvalue weighted by Crippen LogP contribution is 2.00. The summed E-state index contributed by atoms with van der Waals surface area (Å²) in [7, 11) is 1.80. The number of nitrogens with one attached hydrogen (secondary N) is 1. The van der Waals surface area contributed by atoms with Crippen molar-refractivity contribution in [3.63, 3.8) is 0 Å². The van der Waals surface area contributed by atoms with Gasteiger partial charge in [-0.1, -0.05) is 22.9 Å². The van der Waals surface area contributed by atoms with E-state index in [2.05, 4.69) is 26.2 Å². The lowest BCUT2D eigenvalue weighted by atomic mass is 10.2. The van der Waals surface area contributed by atoms with Crippen LogP contribution in [-0.4, -0.2) is 26.8 Å². The minimum Gasteiger partial charge on any atom is -0.347 e. The van der Waals surface area contributed by atoms with Gasteiger partial charge in [0.25, 0.3) is 5.91 Å². The summed E-state index contributed by atoms with van der Waals surface area (Å²) in [6.07, 6.45) is 4.09. The summed E-state index contributed by atoms with van der Waals surface area (Å²) in [6, 6.07) is 0.178. The molecule has 0 radical (unpaired) electrons. The molecule has 1 atom stereocenters. The number of hydrogen-bond donors (Lipinski definition) is 1. The molecule has 0 fully saturated rings. The molecular weight excluding hydrogens is 246 g/mol. The van der Waals surface area contributed by atoms with Gasteiger partial charge in [0.15, 0.2) is 0 Å². The molecule has 1 unspecified atom stereocenters. The molecular formula is C9H14BrN3O.